The molecule has 0 bridgehead atoms. The Hall–Kier alpha value is -1.28. The average molecular weight is 354 g/mol. The van der Waals surface area contributed by atoms with E-state index in [0.29, 0.717) is 5.69 Å². The van der Waals surface area contributed by atoms with E-state index >= 15 is 0 Å². The highest BCUT2D eigenvalue weighted by atomic mass is 35.5. The Morgan fingerprint density at radius 3 is 2.40 bits per heavy atom. The molecule has 0 saturated carbocycles. The Morgan fingerprint density at radius 1 is 1.10 bits per heavy atom. The summed E-state index contributed by atoms with van der Waals surface area (Å²) >= 11 is 17.1. The van der Waals surface area contributed by atoms with Gasteiger partial charge in [0.05, 0.1) is 5.02 Å². The number of nitrogen functional groups attached to an aromatic ring is 1. The van der Waals surface area contributed by atoms with E-state index in [-0.39, 0.29) is 26.2 Å². The third-order valence-corrected chi connectivity index (χ3v) is 4.35. The molecule has 0 radical (unpaired) electrons. The Morgan fingerprint density at radius 2 is 1.80 bits per heavy atom. The maximum Gasteiger partial charge on any atom is 0.264 e. The molecule has 0 unspecified atom stereocenters. The SMILES string of the molecule is Nc1ccc(S(=O)(=O)Nc2cc(Cl)nc(Cl)n2)c(Cl)c1. The summed E-state index contributed by atoms with van der Waals surface area (Å²) in [6.07, 6.45) is 0. The molecule has 0 fully saturated rings. The van der Waals surface area contributed by atoms with Crippen LogP contribution in [0.15, 0.2) is 29.2 Å². The number of anilines is 2. The van der Waals surface area contributed by atoms with Gasteiger partial charge in [0.25, 0.3) is 10.0 Å². The zero-order valence-corrected chi connectivity index (χ0v) is 12.7. The second-order valence-corrected chi connectivity index (χ2v) is 6.42. The fourth-order valence-corrected chi connectivity index (χ4v) is 3.33. The number of nitrogens with two attached hydrogens (primary N) is 1. The average Bonchev–Trinajstić information content (AvgIpc) is 2.25. The Bertz CT molecular complexity index is 747. The lowest BCUT2D eigenvalue weighted by Crippen LogP contribution is -2.14. The van der Waals surface area contributed by atoms with E-state index in [2.05, 4.69) is 14.7 Å². The minimum absolute atomic E-state index is 0.00565. The predicted octanol–water partition coefficient (Wildman–Crippen LogP) is 2.82. The van der Waals surface area contributed by atoms with Crippen LogP contribution in [-0.2, 0) is 10.0 Å². The molecule has 0 spiro atoms. The van der Waals surface area contributed by atoms with Crippen LogP contribution in [0, 0.1) is 0 Å². The van der Waals surface area contributed by atoms with Crippen LogP contribution < -0.4 is 10.5 Å². The summed E-state index contributed by atoms with van der Waals surface area (Å²) in [6, 6.07) is 5.25. The Labute approximate surface area is 129 Å². The van der Waals surface area contributed by atoms with Crippen LogP contribution in [0.5, 0.6) is 0 Å². The van der Waals surface area contributed by atoms with Gasteiger partial charge in [-0.1, -0.05) is 23.2 Å². The minimum Gasteiger partial charge on any atom is -0.399 e. The third-order valence-electron chi connectivity index (χ3n) is 2.15. The van der Waals surface area contributed by atoms with Crippen molar-refractivity contribution in [3.05, 3.63) is 39.7 Å². The molecule has 1 aromatic heterocycles. The first-order chi connectivity index (χ1) is 9.28. The maximum absolute atomic E-state index is 12.2. The number of halogens is 3. The zero-order valence-electron chi connectivity index (χ0n) is 9.64. The number of hydrogen-bond donors (Lipinski definition) is 2. The molecule has 0 aliphatic heterocycles. The standard InChI is InChI=1S/C10H7Cl3N4O2S/c11-6-3-5(14)1-2-7(6)20(18,19)17-9-4-8(12)15-10(13)16-9/h1-4H,14H2,(H,15,16,17). The van der Waals surface area contributed by atoms with Gasteiger partial charge >= 0.3 is 0 Å². The topological polar surface area (TPSA) is 98.0 Å². The number of aromatic nitrogens is 2. The molecule has 106 valence electrons. The first-order valence-corrected chi connectivity index (χ1v) is 7.67. The first-order valence-electron chi connectivity index (χ1n) is 5.06. The summed E-state index contributed by atoms with van der Waals surface area (Å²) in [5.74, 6) is -0.0668. The highest BCUT2D eigenvalue weighted by Gasteiger charge is 2.19. The minimum atomic E-state index is -3.94. The molecule has 20 heavy (non-hydrogen) atoms. The van der Waals surface area contributed by atoms with E-state index in [1.165, 1.54) is 24.3 Å². The van der Waals surface area contributed by atoms with Crippen molar-refractivity contribution in [3.8, 4) is 0 Å². The van der Waals surface area contributed by atoms with E-state index in [1.807, 2.05) is 0 Å². The van der Waals surface area contributed by atoms with E-state index in [1.54, 1.807) is 0 Å². The molecule has 1 aromatic carbocycles. The molecule has 6 nitrogen and oxygen atoms in total. The van der Waals surface area contributed by atoms with Gasteiger partial charge in [0.1, 0.15) is 15.9 Å². The van der Waals surface area contributed by atoms with E-state index in [9.17, 15) is 8.42 Å². The Kier molecular flexibility index (Phi) is 4.24. The van der Waals surface area contributed by atoms with Crippen molar-refractivity contribution in [1.82, 2.24) is 9.97 Å². The van der Waals surface area contributed by atoms with Crippen molar-refractivity contribution in [2.24, 2.45) is 0 Å². The van der Waals surface area contributed by atoms with Gasteiger partial charge in [-0.3, -0.25) is 4.72 Å². The van der Waals surface area contributed by atoms with Crippen LogP contribution in [0.2, 0.25) is 15.5 Å². The second kappa shape index (κ2) is 5.61. The van der Waals surface area contributed by atoms with Gasteiger partial charge < -0.3 is 5.73 Å². The van der Waals surface area contributed by atoms with Crippen LogP contribution in [0.4, 0.5) is 11.5 Å². The van der Waals surface area contributed by atoms with E-state index < -0.39 is 10.0 Å². The molecule has 10 heteroatoms. The van der Waals surface area contributed by atoms with Gasteiger partial charge in [0.2, 0.25) is 5.28 Å². The largest absolute Gasteiger partial charge is 0.399 e. The normalized spacial score (nSPS) is 11.3. The number of rotatable bonds is 3. The van der Waals surface area contributed by atoms with Crippen molar-refractivity contribution in [2.75, 3.05) is 10.5 Å². The molecule has 1 heterocycles. The fourth-order valence-electron chi connectivity index (χ4n) is 1.37. The highest BCUT2D eigenvalue weighted by molar-refractivity contribution is 7.92. The highest BCUT2D eigenvalue weighted by Crippen LogP contribution is 2.26. The number of nitrogens with zero attached hydrogens (tertiary/aromatic N) is 2. The van der Waals surface area contributed by atoms with Crippen LogP contribution in [0.1, 0.15) is 0 Å². The summed E-state index contributed by atoms with van der Waals surface area (Å²) in [4.78, 5) is 7.17. The van der Waals surface area contributed by atoms with Crippen molar-refractivity contribution in [1.29, 1.82) is 0 Å². The number of hydrogen-bond acceptors (Lipinski definition) is 5. The second-order valence-electron chi connectivity index (χ2n) is 3.64. The molecule has 2 rings (SSSR count). The summed E-state index contributed by atoms with van der Waals surface area (Å²) in [5, 5.41) is -0.187. The van der Waals surface area contributed by atoms with E-state index in [4.69, 9.17) is 40.5 Å². The maximum atomic E-state index is 12.2. The van der Waals surface area contributed by atoms with Gasteiger partial charge in [0, 0.05) is 11.8 Å². The zero-order chi connectivity index (χ0) is 14.9. The third kappa shape index (κ3) is 3.43. The summed E-state index contributed by atoms with van der Waals surface area (Å²) in [6.45, 7) is 0. The van der Waals surface area contributed by atoms with Crippen molar-refractivity contribution in [3.63, 3.8) is 0 Å². The quantitative estimate of drug-likeness (QED) is 0.502. The van der Waals surface area contributed by atoms with Gasteiger partial charge in [-0.15, -0.1) is 0 Å². The fraction of sp³-hybridized carbons (Fsp3) is 0. The molecule has 0 saturated heterocycles. The Balaban J connectivity index is 2.40. The lowest BCUT2D eigenvalue weighted by molar-refractivity contribution is 0.601. The summed E-state index contributed by atoms with van der Waals surface area (Å²) in [7, 11) is -3.94. The summed E-state index contributed by atoms with van der Waals surface area (Å²) in [5.41, 5.74) is 5.86. The number of nitrogens with one attached hydrogen (secondary N) is 1. The first kappa shape index (κ1) is 15.1. The lowest BCUT2D eigenvalue weighted by atomic mass is 10.3. The molecule has 2 aromatic rings. The monoisotopic (exact) mass is 352 g/mol. The molecule has 0 amide bonds. The van der Waals surface area contributed by atoms with Crippen molar-refractivity contribution >= 4 is 56.3 Å². The van der Waals surface area contributed by atoms with Crippen molar-refractivity contribution < 1.29 is 8.42 Å². The molecule has 0 atom stereocenters. The molecule has 3 N–H and O–H groups in total. The van der Waals surface area contributed by atoms with Crippen LogP contribution in [-0.4, -0.2) is 18.4 Å². The predicted molar refractivity (Wildman–Crippen MR) is 78.7 cm³/mol. The molecule has 0 aliphatic rings. The van der Waals surface area contributed by atoms with Crippen LogP contribution >= 0.6 is 34.8 Å². The van der Waals surface area contributed by atoms with Gasteiger partial charge in [-0.25, -0.2) is 13.4 Å². The van der Waals surface area contributed by atoms with Crippen LogP contribution in [0.25, 0.3) is 0 Å². The van der Waals surface area contributed by atoms with Gasteiger partial charge in [0.15, 0.2) is 0 Å². The van der Waals surface area contributed by atoms with Crippen molar-refractivity contribution in [2.45, 2.75) is 4.90 Å². The molecule has 0 aliphatic carbocycles. The number of benzene rings is 1. The lowest BCUT2D eigenvalue weighted by Gasteiger charge is -2.09. The summed E-state index contributed by atoms with van der Waals surface area (Å²) < 4.78 is 26.6. The number of sulfonamides is 1. The van der Waals surface area contributed by atoms with Gasteiger partial charge in [-0.05, 0) is 29.8 Å². The smallest absolute Gasteiger partial charge is 0.264 e. The van der Waals surface area contributed by atoms with Crippen LogP contribution in [0.3, 0.4) is 0 Å². The molecular weight excluding hydrogens is 347 g/mol. The molecular formula is C10H7Cl3N4O2S. The van der Waals surface area contributed by atoms with E-state index in [0.717, 1.165) is 0 Å². The van der Waals surface area contributed by atoms with Gasteiger partial charge in [-0.2, -0.15) is 4.98 Å².